The minimum absolute atomic E-state index is 0.227. The molecule has 1 aliphatic heterocycles. The Kier molecular flexibility index (Phi) is 4.27. The van der Waals surface area contributed by atoms with Crippen molar-refractivity contribution < 1.29 is 19.0 Å². The molecule has 5 nitrogen and oxygen atoms in total. The monoisotopic (exact) mass is 265 g/mol. The summed E-state index contributed by atoms with van der Waals surface area (Å²) in [7, 11) is 1.40. The lowest BCUT2D eigenvalue weighted by Crippen LogP contribution is -2.35. The summed E-state index contributed by atoms with van der Waals surface area (Å²) >= 11 is 0. The van der Waals surface area contributed by atoms with E-state index in [1.54, 1.807) is 0 Å². The topological polar surface area (TPSA) is 48.0 Å². The van der Waals surface area contributed by atoms with E-state index >= 15 is 0 Å². The predicted molar refractivity (Wildman–Crippen MR) is 70.1 cm³/mol. The van der Waals surface area contributed by atoms with Crippen molar-refractivity contribution in [3.05, 3.63) is 23.8 Å². The van der Waals surface area contributed by atoms with Gasteiger partial charge in [0.15, 0.2) is 11.5 Å². The molecule has 0 N–H and O–H groups in total. The third kappa shape index (κ3) is 3.38. The molecule has 104 valence electrons. The number of hydrogen-bond acceptors (Lipinski definition) is 5. The van der Waals surface area contributed by atoms with Crippen LogP contribution in [0.4, 0.5) is 0 Å². The fourth-order valence-electron chi connectivity index (χ4n) is 1.93. The minimum Gasteiger partial charge on any atom is -0.468 e. The van der Waals surface area contributed by atoms with Gasteiger partial charge in [0.05, 0.1) is 13.7 Å². The summed E-state index contributed by atoms with van der Waals surface area (Å²) in [6, 6.07) is 6.09. The fourth-order valence-corrected chi connectivity index (χ4v) is 1.93. The number of rotatable bonds is 5. The predicted octanol–water partition coefficient (Wildman–Crippen LogP) is 1.80. The highest BCUT2D eigenvalue weighted by Crippen LogP contribution is 2.32. The first-order valence-corrected chi connectivity index (χ1v) is 6.29. The van der Waals surface area contributed by atoms with Gasteiger partial charge in [-0.2, -0.15) is 0 Å². The van der Waals surface area contributed by atoms with E-state index in [0.29, 0.717) is 6.54 Å². The molecule has 0 unspecified atom stereocenters. The second kappa shape index (κ2) is 5.93. The molecule has 0 radical (unpaired) electrons. The highest BCUT2D eigenvalue weighted by atomic mass is 16.7. The van der Waals surface area contributed by atoms with Crippen molar-refractivity contribution in [2.45, 2.75) is 26.4 Å². The molecule has 1 aliphatic rings. The van der Waals surface area contributed by atoms with Gasteiger partial charge in [0.1, 0.15) is 0 Å². The van der Waals surface area contributed by atoms with Crippen LogP contribution < -0.4 is 9.47 Å². The number of carbonyl (C=O) groups excluding carboxylic acids is 1. The quantitative estimate of drug-likeness (QED) is 0.760. The molecule has 0 fully saturated rings. The number of carbonyl (C=O) groups is 1. The van der Waals surface area contributed by atoms with Crippen LogP contribution in [0.25, 0.3) is 0 Å². The molecule has 0 amide bonds. The van der Waals surface area contributed by atoms with Crippen LogP contribution in [0.3, 0.4) is 0 Å². The number of benzene rings is 1. The van der Waals surface area contributed by atoms with Gasteiger partial charge < -0.3 is 14.2 Å². The Morgan fingerprint density at radius 3 is 2.79 bits per heavy atom. The van der Waals surface area contributed by atoms with E-state index in [-0.39, 0.29) is 25.3 Å². The number of fused-ring (bicyclic) bond motifs is 1. The Labute approximate surface area is 113 Å². The van der Waals surface area contributed by atoms with E-state index in [0.717, 1.165) is 17.1 Å². The normalized spacial score (nSPS) is 13.1. The van der Waals surface area contributed by atoms with Crippen LogP contribution in [0.2, 0.25) is 0 Å². The molecular weight excluding hydrogens is 246 g/mol. The Bertz CT molecular complexity index is 459. The van der Waals surface area contributed by atoms with E-state index in [9.17, 15) is 4.79 Å². The van der Waals surface area contributed by atoms with Crippen molar-refractivity contribution in [3.8, 4) is 11.5 Å². The van der Waals surface area contributed by atoms with Gasteiger partial charge in [-0.05, 0) is 31.5 Å². The first-order chi connectivity index (χ1) is 9.10. The summed E-state index contributed by atoms with van der Waals surface area (Å²) in [6.45, 7) is 5.33. The number of hydrogen-bond donors (Lipinski definition) is 0. The second-order valence-corrected chi connectivity index (χ2v) is 4.76. The van der Waals surface area contributed by atoms with Gasteiger partial charge in [-0.3, -0.25) is 9.69 Å². The minimum atomic E-state index is -0.227. The van der Waals surface area contributed by atoms with Crippen LogP contribution in [0.1, 0.15) is 19.4 Å². The highest BCUT2D eigenvalue weighted by Gasteiger charge is 2.17. The molecule has 0 saturated carbocycles. The maximum Gasteiger partial charge on any atom is 0.319 e. The maximum absolute atomic E-state index is 11.4. The molecular formula is C14H19NO4. The summed E-state index contributed by atoms with van der Waals surface area (Å²) in [5, 5.41) is 0. The molecule has 0 spiro atoms. The first-order valence-electron chi connectivity index (χ1n) is 6.29. The molecule has 0 saturated heterocycles. The third-order valence-corrected chi connectivity index (χ3v) is 3.11. The molecule has 0 aliphatic carbocycles. The lowest BCUT2D eigenvalue weighted by Gasteiger charge is -2.25. The average molecular weight is 265 g/mol. The molecule has 0 atom stereocenters. The molecule has 1 aromatic rings. The van der Waals surface area contributed by atoms with Crippen molar-refractivity contribution in [1.29, 1.82) is 0 Å². The molecule has 5 heteroatoms. The van der Waals surface area contributed by atoms with Crippen molar-refractivity contribution in [1.82, 2.24) is 4.90 Å². The standard InChI is InChI=1S/C14H19NO4/c1-10(2)15(8-14(16)17-3)7-11-4-5-12-13(6-11)19-9-18-12/h4-6,10H,7-9H2,1-3H3. The Hall–Kier alpha value is -1.75. The molecule has 2 rings (SSSR count). The first kappa shape index (κ1) is 13.7. The Morgan fingerprint density at radius 1 is 1.37 bits per heavy atom. The van der Waals surface area contributed by atoms with Crippen molar-refractivity contribution in [2.75, 3.05) is 20.4 Å². The Balaban J connectivity index is 2.06. The van der Waals surface area contributed by atoms with E-state index in [2.05, 4.69) is 13.8 Å². The zero-order valence-corrected chi connectivity index (χ0v) is 11.5. The van der Waals surface area contributed by atoms with E-state index < -0.39 is 0 Å². The molecule has 1 aromatic carbocycles. The van der Waals surface area contributed by atoms with Gasteiger partial charge in [0.2, 0.25) is 6.79 Å². The largest absolute Gasteiger partial charge is 0.468 e. The number of nitrogens with zero attached hydrogens (tertiary/aromatic N) is 1. The van der Waals surface area contributed by atoms with Gasteiger partial charge in [-0.25, -0.2) is 0 Å². The summed E-state index contributed by atoms with van der Waals surface area (Å²) in [5.41, 5.74) is 1.09. The van der Waals surface area contributed by atoms with Gasteiger partial charge >= 0.3 is 5.97 Å². The van der Waals surface area contributed by atoms with Crippen LogP contribution in [0.5, 0.6) is 11.5 Å². The molecule has 19 heavy (non-hydrogen) atoms. The summed E-state index contributed by atoms with van der Waals surface area (Å²) in [4.78, 5) is 13.4. The summed E-state index contributed by atoms with van der Waals surface area (Å²) in [5.74, 6) is 1.31. The third-order valence-electron chi connectivity index (χ3n) is 3.11. The lowest BCUT2D eigenvalue weighted by molar-refractivity contribution is -0.142. The number of methoxy groups -OCH3 is 1. The van der Waals surface area contributed by atoms with Gasteiger partial charge in [-0.1, -0.05) is 6.07 Å². The van der Waals surface area contributed by atoms with Crippen LogP contribution in [0.15, 0.2) is 18.2 Å². The lowest BCUT2D eigenvalue weighted by atomic mass is 10.1. The number of ether oxygens (including phenoxy) is 3. The summed E-state index contributed by atoms with van der Waals surface area (Å²) < 4.78 is 15.3. The van der Waals surface area contributed by atoms with Crippen LogP contribution >= 0.6 is 0 Å². The van der Waals surface area contributed by atoms with Gasteiger partial charge in [-0.15, -0.1) is 0 Å². The SMILES string of the molecule is COC(=O)CN(Cc1ccc2c(c1)OCO2)C(C)C. The highest BCUT2D eigenvalue weighted by molar-refractivity contribution is 5.71. The zero-order chi connectivity index (χ0) is 13.8. The maximum atomic E-state index is 11.4. The van der Waals surface area contributed by atoms with Crippen LogP contribution in [-0.2, 0) is 16.1 Å². The van der Waals surface area contributed by atoms with Gasteiger partial charge in [0.25, 0.3) is 0 Å². The van der Waals surface area contributed by atoms with E-state index in [1.807, 2.05) is 23.1 Å². The average Bonchev–Trinajstić information content (AvgIpc) is 2.85. The van der Waals surface area contributed by atoms with Crippen LogP contribution in [-0.4, -0.2) is 37.4 Å². The van der Waals surface area contributed by atoms with Crippen molar-refractivity contribution >= 4 is 5.97 Å². The van der Waals surface area contributed by atoms with E-state index in [4.69, 9.17) is 14.2 Å². The molecule has 0 aromatic heterocycles. The van der Waals surface area contributed by atoms with E-state index in [1.165, 1.54) is 7.11 Å². The van der Waals surface area contributed by atoms with Crippen molar-refractivity contribution in [2.24, 2.45) is 0 Å². The van der Waals surface area contributed by atoms with Crippen LogP contribution in [0, 0.1) is 0 Å². The summed E-state index contributed by atoms with van der Waals surface area (Å²) in [6.07, 6.45) is 0. The smallest absolute Gasteiger partial charge is 0.319 e. The Morgan fingerprint density at radius 2 is 2.11 bits per heavy atom. The molecule has 1 heterocycles. The second-order valence-electron chi connectivity index (χ2n) is 4.76. The van der Waals surface area contributed by atoms with Crippen molar-refractivity contribution in [3.63, 3.8) is 0 Å². The number of esters is 1. The van der Waals surface area contributed by atoms with Gasteiger partial charge in [0, 0.05) is 12.6 Å². The fraction of sp³-hybridized carbons (Fsp3) is 0.500. The zero-order valence-electron chi connectivity index (χ0n) is 11.5. The molecule has 0 bridgehead atoms.